The number of halogens is 1. The van der Waals surface area contributed by atoms with Crippen LogP contribution >= 0.6 is 0 Å². The van der Waals surface area contributed by atoms with Crippen molar-refractivity contribution in [3.8, 4) is 0 Å². The number of hydrogen-bond acceptors (Lipinski definition) is 2. The number of nitrogens with zero attached hydrogens (tertiary/aromatic N) is 1. The van der Waals surface area contributed by atoms with E-state index in [-0.39, 0.29) is 17.8 Å². The van der Waals surface area contributed by atoms with Gasteiger partial charge in [-0.1, -0.05) is 12.1 Å². The Morgan fingerprint density at radius 2 is 2.09 bits per heavy atom. The first kappa shape index (κ1) is 17.9. The number of nitrogens with one attached hydrogen (secondary N) is 3. The predicted molar refractivity (Wildman–Crippen MR) is 87.4 cm³/mol. The van der Waals surface area contributed by atoms with Gasteiger partial charge in [-0.2, -0.15) is 0 Å². The molecule has 0 saturated carbocycles. The van der Waals surface area contributed by atoms with Gasteiger partial charge in [0.2, 0.25) is 5.91 Å². The van der Waals surface area contributed by atoms with Gasteiger partial charge < -0.3 is 16.0 Å². The molecule has 0 heterocycles. The summed E-state index contributed by atoms with van der Waals surface area (Å²) in [5.41, 5.74) is 1.49. The molecule has 1 rings (SSSR count). The van der Waals surface area contributed by atoms with Gasteiger partial charge in [-0.3, -0.25) is 9.79 Å². The van der Waals surface area contributed by atoms with Crippen molar-refractivity contribution in [3.05, 3.63) is 35.1 Å². The zero-order valence-corrected chi connectivity index (χ0v) is 13.7. The van der Waals surface area contributed by atoms with Crippen molar-refractivity contribution in [2.75, 3.05) is 19.6 Å². The molecule has 22 heavy (non-hydrogen) atoms. The number of guanidine groups is 1. The van der Waals surface area contributed by atoms with Crippen molar-refractivity contribution in [3.63, 3.8) is 0 Å². The SMILES string of the molecule is CCNC(=NCCNC(C)=O)NC(C)c1ccc(C)c(F)c1. The van der Waals surface area contributed by atoms with E-state index < -0.39 is 0 Å². The number of aryl methyl sites for hydroxylation is 1. The number of aliphatic imine (C=N–C) groups is 1. The molecular weight excluding hydrogens is 283 g/mol. The van der Waals surface area contributed by atoms with Crippen molar-refractivity contribution < 1.29 is 9.18 Å². The van der Waals surface area contributed by atoms with E-state index in [2.05, 4.69) is 20.9 Å². The Labute approximate surface area is 131 Å². The van der Waals surface area contributed by atoms with E-state index in [0.717, 1.165) is 12.1 Å². The number of amides is 1. The monoisotopic (exact) mass is 308 g/mol. The van der Waals surface area contributed by atoms with Crippen molar-refractivity contribution in [2.24, 2.45) is 4.99 Å². The molecule has 6 heteroatoms. The van der Waals surface area contributed by atoms with Crippen molar-refractivity contribution in [2.45, 2.75) is 33.7 Å². The first-order valence-electron chi connectivity index (χ1n) is 7.49. The molecule has 0 fully saturated rings. The molecule has 0 bridgehead atoms. The highest BCUT2D eigenvalue weighted by atomic mass is 19.1. The maximum atomic E-state index is 13.6. The molecule has 1 aromatic rings. The van der Waals surface area contributed by atoms with Crippen LogP contribution in [-0.2, 0) is 4.79 Å². The molecule has 0 aliphatic heterocycles. The lowest BCUT2D eigenvalue weighted by Gasteiger charge is -2.18. The Bertz CT molecular complexity index is 531. The first-order valence-corrected chi connectivity index (χ1v) is 7.49. The molecule has 0 saturated heterocycles. The predicted octanol–water partition coefficient (Wildman–Crippen LogP) is 1.89. The number of rotatable bonds is 6. The van der Waals surface area contributed by atoms with E-state index in [9.17, 15) is 9.18 Å². The van der Waals surface area contributed by atoms with Gasteiger partial charge in [0.05, 0.1) is 12.6 Å². The Hall–Kier alpha value is -2.11. The third-order valence-corrected chi connectivity index (χ3v) is 3.15. The van der Waals surface area contributed by atoms with E-state index in [1.165, 1.54) is 13.0 Å². The number of benzene rings is 1. The van der Waals surface area contributed by atoms with Crippen molar-refractivity contribution in [1.82, 2.24) is 16.0 Å². The standard InChI is InChI=1S/C16H25FN4O/c1-5-18-16(20-9-8-19-13(4)22)21-12(3)14-7-6-11(2)15(17)10-14/h6-7,10,12H,5,8-9H2,1-4H3,(H,19,22)(H2,18,20,21). The Balaban J connectivity index is 2.66. The van der Waals surface area contributed by atoms with Crippen molar-refractivity contribution in [1.29, 1.82) is 0 Å². The van der Waals surface area contributed by atoms with Crippen LogP contribution in [0.5, 0.6) is 0 Å². The highest BCUT2D eigenvalue weighted by Gasteiger charge is 2.09. The van der Waals surface area contributed by atoms with Crippen molar-refractivity contribution >= 4 is 11.9 Å². The fourth-order valence-electron chi connectivity index (χ4n) is 1.89. The molecule has 1 atom stereocenters. The normalized spacial score (nSPS) is 12.7. The zero-order chi connectivity index (χ0) is 16.5. The Morgan fingerprint density at radius 1 is 1.36 bits per heavy atom. The second kappa shape index (κ2) is 9.02. The Kier molecular flexibility index (Phi) is 7.36. The van der Waals surface area contributed by atoms with Crippen LogP contribution in [0.4, 0.5) is 4.39 Å². The minimum Gasteiger partial charge on any atom is -0.357 e. The van der Waals surface area contributed by atoms with Gasteiger partial charge in [0.1, 0.15) is 5.82 Å². The lowest BCUT2D eigenvalue weighted by Crippen LogP contribution is -2.39. The average molecular weight is 308 g/mol. The molecule has 5 nitrogen and oxygen atoms in total. The summed E-state index contributed by atoms with van der Waals surface area (Å²) in [5, 5.41) is 9.05. The molecule has 1 unspecified atom stereocenters. The van der Waals surface area contributed by atoms with Gasteiger partial charge in [-0.15, -0.1) is 0 Å². The van der Waals surface area contributed by atoms with Gasteiger partial charge in [0.15, 0.2) is 5.96 Å². The van der Waals surface area contributed by atoms with Crippen LogP contribution in [0.2, 0.25) is 0 Å². The summed E-state index contributed by atoms with van der Waals surface area (Å²) in [6.45, 7) is 8.82. The summed E-state index contributed by atoms with van der Waals surface area (Å²) in [4.78, 5) is 15.2. The van der Waals surface area contributed by atoms with Gasteiger partial charge >= 0.3 is 0 Å². The van der Waals surface area contributed by atoms with E-state index >= 15 is 0 Å². The van der Waals surface area contributed by atoms with Crippen LogP contribution in [0.3, 0.4) is 0 Å². The summed E-state index contributed by atoms with van der Waals surface area (Å²) < 4.78 is 13.6. The largest absolute Gasteiger partial charge is 0.357 e. The molecule has 0 aliphatic rings. The minimum atomic E-state index is -0.209. The Morgan fingerprint density at radius 3 is 2.68 bits per heavy atom. The molecule has 0 spiro atoms. The zero-order valence-electron chi connectivity index (χ0n) is 13.7. The molecule has 1 amide bonds. The van der Waals surface area contributed by atoms with E-state index in [1.807, 2.05) is 19.9 Å². The van der Waals surface area contributed by atoms with Gasteiger partial charge in [-0.05, 0) is 38.0 Å². The lowest BCUT2D eigenvalue weighted by molar-refractivity contribution is -0.118. The molecule has 1 aromatic carbocycles. The molecule has 0 aromatic heterocycles. The van der Waals surface area contributed by atoms with Gasteiger partial charge in [0, 0.05) is 20.0 Å². The summed E-state index contributed by atoms with van der Waals surface area (Å²) in [5.74, 6) is 0.358. The topological polar surface area (TPSA) is 65.5 Å². The number of hydrogen-bond donors (Lipinski definition) is 3. The molecule has 122 valence electrons. The maximum Gasteiger partial charge on any atom is 0.216 e. The summed E-state index contributed by atoms with van der Waals surface area (Å²) >= 11 is 0. The van der Waals surface area contributed by atoms with Crippen LogP contribution in [0.15, 0.2) is 23.2 Å². The van der Waals surface area contributed by atoms with E-state index in [0.29, 0.717) is 24.6 Å². The third-order valence-electron chi connectivity index (χ3n) is 3.15. The van der Waals surface area contributed by atoms with E-state index in [4.69, 9.17) is 0 Å². The van der Waals surface area contributed by atoms with Gasteiger partial charge in [-0.25, -0.2) is 4.39 Å². The second-order valence-corrected chi connectivity index (χ2v) is 5.12. The highest BCUT2D eigenvalue weighted by molar-refractivity contribution is 5.80. The molecule has 0 aliphatic carbocycles. The lowest BCUT2D eigenvalue weighted by atomic mass is 10.1. The summed E-state index contributed by atoms with van der Waals surface area (Å²) in [6.07, 6.45) is 0. The maximum absolute atomic E-state index is 13.6. The summed E-state index contributed by atoms with van der Waals surface area (Å²) in [6, 6.07) is 5.13. The summed E-state index contributed by atoms with van der Waals surface area (Å²) in [7, 11) is 0. The molecular formula is C16H25FN4O. The molecule has 0 radical (unpaired) electrons. The number of carbonyl (C=O) groups is 1. The highest BCUT2D eigenvalue weighted by Crippen LogP contribution is 2.16. The number of carbonyl (C=O) groups excluding carboxylic acids is 1. The van der Waals surface area contributed by atoms with E-state index in [1.54, 1.807) is 13.0 Å². The van der Waals surface area contributed by atoms with Gasteiger partial charge in [0.25, 0.3) is 0 Å². The van der Waals surface area contributed by atoms with Crippen LogP contribution < -0.4 is 16.0 Å². The second-order valence-electron chi connectivity index (χ2n) is 5.12. The average Bonchev–Trinajstić information content (AvgIpc) is 2.46. The smallest absolute Gasteiger partial charge is 0.216 e. The van der Waals surface area contributed by atoms with Crippen LogP contribution in [0.1, 0.15) is 37.9 Å². The fraction of sp³-hybridized carbons (Fsp3) is 0.500. The first-order chi connectivity index (χ1) is 10.4. The molecule has 3 N–H and O–H groups in total. The van der Waals surface area contributed by atoms with Crippen LogP contribution in [0, 0.1) is 12.7 Å². The van der Waals surface area contributed by atoms with Crippen LogP contribution in [-0.4, -0.2) is 31.5 Å². The third kappa shape index (κ3) is 6.11. The fourth-order valence-corrected chi connectivity index (χ4v) is 1.89. The van der Waals surface area contributed by atoms with Crippen LogP contribution in [0.25, 0.3) is 0 Å². The quantitative estimate of drug-likeness (QED) is 0.427. The minimum absolute atomic E-state index is 0.0725.